The zero-order chi connectivity index (χ0) is 17.1. The predicted octanol–water partition coefficient (Wildman–Crippen LogP) is 1.17. The molecule has 2 aromatic rings. The van der Waals surface area contributed by atoms with Crippen LogP contribution in [0.1, 0.15) is 10.4 Å². The zero-order valence-electron chi connectivity index (χ0n) is 13.2. The SMILES string of the molecule is COc1ccc(Cc2sccc2O[C@@H]2OC[C@@H](O)[C@H](O)[C@H]2O)cc1. The highest BCUT2D eigenvalue weighted by Crippen LogP contribution is 2.30. The van der Waals surface area contributed by atoms with Crippen LogP contribution < -0.4 is 9.47 Å². The van der Waals surface area contributed by atoms with E-state index in [-0.39, 0.29) is 6.61 Å². The Kier molecular flexibility index (Phi) is 5.37. The number of rotatable bonds is 5. The van der Waals surface area contributed by atoms with E-state index in [1.165, 1.54) is 0 Å². The number of ether oxygens (including phenoxy) is 3. The molecule has 0 radical (unpaired) electrons. The molecule has 24 heavy (non-hydrogen) atoms. The molecule has 0 aliphatic carbocycles. The summed E-state index contributed by atoms with van der Waals surface area (Å²) in [5.74, 6) is 1.40. The Morgan fingerprint density at radius 3 is 2.58 bits per heavy atom. The van der Waals surface area contributed by atoms with Crippen molar-refractivity contribution in [3.63, 3.8) is 0 Å². The van der Waals surface area contributed by atoms with E-state index in [2.05, 4.69) is 0 Å². The van der Waals surface area contributed by atoms with Crippen LogP contribution in [-0.4, -0.2) is 53.6 Å². The third-order valence-electron chi connectivity index (χ3n) is 3.93. The third-order valence-corrected chi connectivity index (χ3v) is 4.83. The molecule has 0 unspecified atom stereocenters. The van der Waals surface area contributed by atoms with Gasteiger partial charge < -0.3 is 29.5 Å². The average molecular weight is 352 g/mol. The number of hydrogen-bond acceptors (Lipinski definition) is 7. The van der Waals surface area contributed by atoms with E-state index in [0.717, 1.165) is 16.2 Å². The minimum atomic E-state index is -1.30. The summed E-state index contributed by atoms with van der Waals surface area (Å²) in [4.78, 5) is 0.983. The van der Waals surface area contributed by atoms with E-state index in [1.54, 1.807) is 24.5 Å². The van der Waals surface area contributed by atoms with Crippen LogP contribution in [0.5, 0.6) is 11.5 Å². The monoisotopic (exact) mass is 352 g/mol. The molecule has 6 nitrogen and oxygen atoms in total. The lowest BCUT2D eigenvalue weighted by Gasteiger charge is -2.34. The Morgan fingerprint density at radius 1 is 1.12 bits per heavy atom. The first-order valence-electron chi connectivity index (χ1n) is 7.60. The van der Waals surface area contributed by atoms with Crippen LogP contribution >= 0.6 is 11.3 Å². The van der Waals surface area contributed by atoms with Crippen LogP contribution in [0.2, 0.25) is 0 Å². The maximum atomic E-state index is 9.97. The molecule has 0 bridgehead atoms. The fraction of sp³-hybridized carbons (Fsp3) is 0.412. The van der Waals surface area contributed by atoms with Crippen LogP contribution in [0.15, 0.2) is 35.7 Å². The summed E-state index contributed by atoms with van der Waals surface area (Å²) in [6, 6.07) is 9.56. The Bertz CT molecular complexity index is 655. The van der Waals surface area contributed by atoms with Gasteiger partial charge in [0.2, 0.25) is 6.29 Å². The second-order valence-corrected chi connectivity index (χ2v) is 6.60. The molecular weight excluding hydrogens is 332 g/mol. The van der Waals surface area contributed by atoms with Crippen molar-refractivity contribution in [1.82, 2.24) is 0 Å². The lowest BCUT2D eigenvalue weighted by Crippen LogP contribution is -2.54. The molecule has 0 saturated carbocycles. The molecule has 1 saturated heterocycles. The first kappa shape index (κ1) is 17.2. The first-order chi connectivity index (χ1) is 11.6. The standard InChI is InChI=1S/C17H20O6S/c1-21-11-4-2-10(3-5-11)8-14-13(6-7-24-14)23-17-16(20)15(19)12(18)9-22-17/h2-7,12,15-20H,8-9H2,1H3/t12-,15+,16-,17+/m1/s1. The van der Waals surface area contributed by atoms with Gasteiger partial charge in [0.15, 0.2) is 0 Å². The number of aliphatic hydroxyl groups is 3. The lowest BCUT2D eigenvalue weighted by molar-refractivity contribution is -0.242. The number of aliphatic hydroxyl groups excluding tert-OH is 3. The summed E-state index contributed by atoms with van der Waals surface area (Å²) < 4.78 is 16.2. The zero-order valence-corrected chi connectivity index (χ0v) is 14.0. The van der Waals surface area contributed by atoms with Crippen molar-refractivity contribution >= 4 is 11.3 Å². The fourth-order valence-electron chi connectivity index (χ4n) is 2.50. The number of methoxy groups -OCH3 is 1. The summed E-state index contributed by atoms with van der Waals surface area (Å²) >= 11 is 1.54. The summed E-state index contributed by atoms with van der Waals surface area (Å²) in [6.45, 7) is -0.0825. The number of hydrogen-bond donors (Lipinski definition) is 3. The van der Waals surface area contributed by atoms with E-state index in [4.69, 9.17) is 14.2 Å². The molecule has 1 aromatic carbocycles. The number of benzene rings is 1. The van der Waals surface area contributed by atoms with E-state index in [1.807, 2.05) is 29.6 Å². The summed E-state index contributed by atoms with van der Waals surface area (Å²) in [5, 5.41) is 31.1. The molecule has 7 heteroatoms. The van der Waals surface area contributed by atoms with Crippen LogP contribution in [0.25, 0.3) is 0 Å². The molecule has 2 heterocycles. The molecular formula is C17H20O6S. The molecule has 1 aromatic heterocycles. The predicted molar refractivity (Wildman–Crippen MR) is 88.5 cm³/mol. The topological polar surface area (TPSA) is 88.4 Å². The summed E-state index contributed by atoms with van der Waals surface area (Å²) in [6.07, 6.45) is -4.03. The van der Waals surface area contributed by atoms with Crippen molar-refractivity contribution in [3.05, 3.63) is 46.2 Å². The maximum Gasteiger partial charge on any atom is 0.228 e. The van der Waals surface area contributed by atoms with E-state index < -0.39 is 24.6 Å². The molecule has 1 aliphatic rings. The van der Waals surface area contributed by atoms with Gasteiger partial charge in [0.05, 0.1) is 18.6 Å². The molecule has 0 amide bonds. The fourth-order valence-corrected chi connectivity index (χ4v) is 3.34. The molecule has 0 spiro atoms. The van der Waals surface area contributed by atoms with Gasteiger partial charge in [0.1, 0.15) is 29.8 Å². The second-order valence-electron chi connectivity index (χ2n) is 5.60. The molecule has 1 fully saturated rings. The van der Waals surface area contributed by atoms with E-state index in [9.17, 15) is 15.3 Å². The van der Waals surface area contributed by atoms with E-state index >= 15 is 0 Å². The van der Waals surface area contributed by atoms with Crippen molar-refractivity contribution in [3.8, 4) is 11.5 Å². The van der Waals surface area contributed by atoms with Gasteiger partial charge in [-0.05, 0) is 29.1 Å². The number of thiophene rings is 1. The van der Waals surface area contributed by atoms with Gasteiger partial charge in [0.25, 0.3) is 0 Å². The van der Waals surface area contributed by atoms with Crippen molar-refractivity contribution in [2.75, 3.05) is 13.7 Å². The van der Waals surface area contributed by atoms with Gasteiger partial charge >= 0.3 is 0 Å². The van der Waals surface area contributed by atoms with Crippen LogP contribution in [0.4, 0.5) is 0 Å². The first-order valence-corrected chi connectivity index (χ1v) is 8.48. The molecule has 4 atom stereocenters. The third kappa shape index (κ3) is 3.71. The van der Waals surface area contributed by atoms with Gasteiger partial charge in [0, 0.05) is 6.42 Å². The van der Waals surface area contributed by atoms with Crippen molar-refractivity contribution in [1.29, 1.82) is 0 Å². The quantitative estimate of drug-likeness (QED) is 0.749. The maximum absolute atomic E-state index is 9.97. The minimum Gasteiger partial charge on any atom is -0.497 e. The average Bonchev–Trinajstić information content (AvgIpc) is 3.03. The largest absolute Gasteiger partial charge is 0.497 e. The molecule has 1 aliphatic heterocycles. The summed E-state index contributed by atoms with van der Waals surface area (Å²) in [5.41, 5.74) is 1.10. The minimum absolute atomic E-state index is 0.0825. The van der Waals surface area contributed by atoms with Crippen LogP contribution in [0, 0.1) is 0 Å². The van der Waals surface area contributed by atoms with Crippen molar-refractivity contribution < 1.29 is 29.5 Å². The Labute approximate surface area is 143 Å². The van der Waals surface area contributed by atoms with Crippen LogP contribution in [-0.2, 0) is 11.2 Å². The van der Waals surface area contributed by atoms with Gasteiger partial charge in [-0.25, -0.2) is 0 Å². The molecule has 3 rings (SSSR count). The normalized spacial score (nSPS) is 27.0. The van der Waals surface area contributed by atoms with Gasteiger partial charge in [-0.15, -0.1) is 11.3 Å². The Morgan fingerprint density at radius 2 is 1.88 bits per heavy atom. The van der Waals surface area contributed by atoms with Gasteiger partial charge in [-0.1, -0.05) is 12.1 Å². The van der Waals surface area contributed by atoms with Crippen molar-refractivity contribution in [2.24, 2.45) is 0 Å². The van der Waals surface area contributed by atoms with Gasteiger partial charge in [-0.2, -0.15) is 0 Å². The summed E-state index contributed by atoms with van der Waals surface area (Å²) in [7, 11) is 1.63. The smallest absolute Gasteiger partial charge is 0.228 e. The highest BCUT2D eigenvalue weighted by Gasteiger charge is 2.39. The highest BCUT2D eigenvalue weighted by atomic mass is 32.1. The Balaban J connectivity index is 1.68. The highest BCUT2D eigenvalue weighted by molar-refractivity contribution is 7.10. The van der Waals surface area contributed by atoms with Gasteiger partial charge in [-0.3, -0.25) is 0 Å². The lowest BCUT2D eigenvalue weighted by atomic mass is 10.1. The molecule has 130 valence electrons. The van der Waals surface area contributed by atoms with E-state index in [0.29, 0.717) is 12.2 Å². The van der Waals surface area contributed by atoms with Crippen molar-refractivity contribution in [2.45, 2.75) is 31.0 Å². The van der Waals surface area contributed by atoms with Crippen LogP contribution in [0.3, 0.4) is 0 Å². The second kappa shape index (κ2) is 7.50. The Hall–Kier alpha value is -1.64. The molecule has 3 N–H and O–H groups in total.